The first-order valence-corrected chi connectivity index (χ1v) is 16.5. The highest BCUT2D eigenvalue weighted by Crippen LogP contribution is 2.32. The van der Waals surface area contributed by atoms with Crippen molar-refractivity contribution in [3.05, 3.63) is 86.4 Å². The monoisotopic (exact) mass is 731 g/mol. The normalized spacial score (nSPS) is 19.3. The summed E-state index contributed by atoms with van der Waals surface area (Å²) < 4.78 is 46.8. The van der Waals surface area contributed by atoms with Gasteiger partial charge in [0.05, 0.1) is 40.6 Å². The summed E-state index contributed by atoms with van der Waals surface area (Å²) in [6.45, 7) is 8.71. The van der Waals surface area contributed by atoms with Crippen LogP contribution < -0.4 is 4.74 Å². The van der Waals surface area contributed by atoms with Gasteiger partial charge >= 0.3 is 6.36 Å². The lowest BCUT2D eigenvalue weighted by Gasteiger charge is -2.33. The number of aliphatic hydroxyl groups excluding tert-OH is 1. The lowest BCUT2D eigenvalue weighted by atomic mass is 9.89. The lowest BCUT2D eigenvalue weighted by molar-refractivity contribution is -0.274. The number of halogens is 6. The van der Waals surface area contributed by atoms with Crippen molar-refractivity contribution in [3.8, 4) is 5.75 Å². The quantitative estimate of drug-likeness (QED) is 0.103. The van der Waals surface area contributed by atoms with Gasteiger partial charge in [-0.15, -0.1) is 13.2 Å². The van der Waals surface area contributed by atoms with Crippen LogP contribution in [0.5, 0.6) is 5.75 Å². The fourth-order valence-corrected chi connectivity index (χ4v) is 5.94. The Morgan fingerprint density at radius 3 is 2.34 bits per heavy atom. The summed E-state index contributed by atoms with van der Waals surface area (Å²) in [5, 5.41) is 20.6. The van der Waals surface area contributed by atoms with Crippen LogP contribution in [0.25, 0.3) is 0 Å². The number of nitrogens with one attached hydrogen (secondary N) is 1. The SMILES string of the molecule is CC(=NC(C)C(S)(CCc1ccc(OC(F)(F)F)cc1C)COC(C)O)C(=N)C(C)C(=NC1CC=C(Cl)C=C1Cl)c1ccc(Cl)cc1. The van der Waals surface area contributed by atoms with E-state index in [-0.39, 0.29) is 24.1 Å². The molecule has 5 unspecified atom stereocenters. The third kappa shape index (κ3) is 11.6. The van der Waals surface area contributed by atoms with Crippen LogP contribution in [0.4, 0.5) is 13.2 Å². The van der Waals surface area contributed by atoms with Crippen molar-refractivity contribution < 1.29 is 27.8 Å². The number of alkyl halides is 3. The minimum atomic E-state index is -4.78. The van der Waals surface area contributed by atoms with E-state index in [0.717, 1.165) is 11.1 Å². The molecule has 0 saturated carbocycles. The molecule has 6 nitrogen and oxygen atoms in total. The number of rotatable bonds is 14. The zero-order chi connectivity index (χ0) is 35.1. The summed E-state index contributed by atoms with van der Waals surface area (Å²) in [5.41, 5.74) is 3.55. The topological polar surface area (TPSA) is 87.3 Å². The van der Waals surface area contributed by atoms with Gasteiger partial charge in [0, 0.05) is 21.0 Å². The predicted octanol–water partition coefficient (Wildman–Crippen LogP) is 9.52. The number of aryl methyl sites for hydroxylation is 2. The average Bonchev–Trinajstić information content (AvgIpc) is 2.98. The van der Waals surface area contributed by atoms with Crippen molar-refractivity contribution in [2.24, 2.45) is 15.9 Å². The zero-order valence-electron chi connectivity index (χ0n) is 26.7. The molecule has 0 spiro atoms. The van der Waals surface area contributed by atoms with E-state index in [9.17, 15) is 18.3 Å². The van der Waals surface area contributed by atoms with Gasteiger partial charge in [-0.1, -0.05) is 66.0 Å². The number of thiol groups is 1. The van der Waals surface area contributed by atoms with Crippen molar-refractivity contribution >= 4 is 64.6 Å². The zero-order valence-corrected chi connectivity index (χ0v) is 29.9. The van der Waals surface area contributed by atoms with Gasteiger partial charge in [0.2, 0.25) is 0 Å². The molecule has 1 aliphatic carbocycles. The molecule has 2 N–H and O–H groups in total. The maximum absolute atomic E-state index is 12.7. The standard InChI is InChI=1S/C34H39Cl3F3N3O3S/c1-19-16-28(46-34(38,39)40)12-8-24(19)14-15-33(47,18-45-23(5)44)22(4)42-21(3)31(41)20(2)32(25-6-9-26(35)10-7-25)43-30-13-11-27(36)17-29(30)37/h6-12,16-17,20,22-23,30,41,44,47H,13-15,18H2,1-5H3. The summed E-state index contributed by atoms with van der Waals surface area (Å²) in [5.74, 6) is -0.779. The summed E-state index contributed by atoms with van der Waals surface area (Å²) >= 11 is 23.8. The summed E-state index contributed by atoms with van der Waals surface area (Å²) in [6.07, 6.45) is -0.962. The Labute approximate surface area is 294 Å². The van der Waals surface area contributed by atoms with E-state index >= 15 is 0 Å². The third-order valence-electron chi connectivity index (χ3n) is 7.91. The first-order valence-electron chi connectivity index (χ1n) is 15.0. The first kappa shape index (κ1) is 39.1. The van der Waals surface area contributed by atoms with Crippen LogP contribution in [-0.2, 0) is 11.2 Å². The van der Waals surface area contributed by atoms with Gasteiger partial charge in [0.15, 0.2) is 6.29 Å². The molecule has 13 heteroatoms. The summed E-state index contributed by atoms with van der Waals surface area (Å²) in [6, 6.07) is 10.6. The average molecular weight is 733 g/mol. The minimum absolute atomic E-state index is 0.0308. The largest absolute Gasteiger partial charge is 0.573 e. The Morgan fingerprint density at radius 1 is 1.11 bits per heavy atom. The fourth-order valence-electron chi connectivity index (χ4n) is 5.06. The van der Waals surface area contributed by atoms with E-state index in [1.165, 1.54) is 19.1 Å². The molecule has 0 aromatic heterocycles. The molecule has 0 bridgehead atoms. The molecule has 1 aliphatic rings. The molecule has 0 heterocycles. The van der Waals surface area contributed by atoms with Gasteiger partial charge in [-0.05, 0) is 94.0 Å². The number of hydrogen-bond acceptors (Lipinski definition) is 7. The van der Waals surface area contributed by atoms with Crippen LogP contribution >= 0.6 is 47.4 Å². The second-order valence-electron chi connectivity index (χ2n) is 11.6. The number of benzene rings is 2. The fraction of sp³-hybridized carbons (Fsp3) is 0.441. The van der Waals surface area contributed by atoms with Gasteiger partial charge in [0.1, 0.15) is 5.75 Å². The minimum Gasteiger partial charge on any atom is -0.406 e. The molecular weight excluding hydrogens is 694 g/mol. The Bertz CT molecular complexity index is 1540. The molecular formula is C34H39Cl3F3N3O3S. The van der Waals surface area contributed by atoms with Crippen LogP contribution in [0, 0.1) is 18.3 Å². The Balaban J connectivity index is 1.87. The van der Waals surface area contributed by atoms with Crippen LogP contribution in [0.15, 0.2) is 74.7 Å². The smallest absolute Gasteiger partial charge is 0.406 e. The maximum Gasteiger partial charge on any atom is 0.573 e. The van der Waals surface area contributed by atoms with Crippen LogP contribution in [0.2, 0.25) is 5.02 Å². The molecule has 0 saturated heterocycles. The lowest BCUT2D eigenvalue weighted by Crippen LogP contribution is -2.41. The van der Waals surface area contributed by atoms with Gasteiger partial charge in [-0.3, -0.25) is 9.98 Å². The van der Waals surface area contributed by atoms with E-state index in [4.69, 9.17) is 67.6 Å². The third-order valence-corrected chi connectivity index (χ3v) is 9.52. The van der Waals surface area contributed by atoms with Gasteiger partial charge in [-0.2, -0.15) is 12.6 Å². The van der Waals surface area contributed by atoms with E-state index in [1.54, 1.807) is 38.1 Å². The second-order valence-corrected chi connectivity index (χ2v) is 13.8. The molecule has 2 aromatic rings. The van der Waals surface area contributed by atoms with Crippen molar-refractivity contribution in [2.45, 2.75) is 83.4 Å². The van der Waals surface area contributed by atoms with E-state index < -0.39 is 29.4 Å². The summed E-state index contributed by atoms with van der Waals surface area (Å²) in [4.78, 5) is 9.84. The number of allylic oxidation sites excluding steroid dienone is 2. The number of ether oxygens (including phenoxy) is 2. The molecule has 0 fully saturated rings. The van der Waals surface area contributed by atoms with Gasteiger partial charge in [0.25, 0.3) is 0 Å². The van der Waals surface area contributed by atoms with Gasteiger partial charge in [-0.25, -0.2) is 0 Å². The Hall–Kier alpha value is -2.34. The molecule has 256 valence electrons. The Kier molecular flexibility index (Phi) is 14.0. The van der Waals surface area contributed by atoms with Gasteiger partial charge < -0.3 is 20.0 Å². The van der Waals surface area contributed by atoms with Crippen LogP contribution in [-0.4, -0.2) is 58.3 Å². The van der Waals surface area contributed by atoms with Crippen molar-refractivity contribution in [1.82, 2.24) is 0 Å². The number of aliphatic hydroxyl groups is 1. The molecule has 47 heavy (non-hydrogen) atoms. The molecule has 2 aromatic carbocycles. The van der Waals surface area contributed by atoms with Crippen LogP contribution in [0.3, 0.4) is 0 Å². The highest BCUT2D eigenvalue weighted by molar-refractivity contribution is 7.82. The van der Waals surface area contributed by atoms with E-state index in [0.29, 0.717) is 51.3 Å². The highest BCUT2D eigenvalue weighted by Gasteiger charge is 2.35. The van der Waals surface area contributed by atoms with Crippen molar-refractivity contribution in [3.63, 3.8) is 0 Å². The summed E-state index contributed by atoms with van der Waals surface area (Å²) in [7, 11) is 0. The van der Waals surface area contributed by atoms with E-state index in [2.05, 4.69) is 4.74 Å². The number of nitrogens with zero attached hydrogens (tertiary/aromatic N) is 2. The molecule has 0 radical (unpaired) electrons. The maximum atomic E-state index is 12.7. The van der Waals surface area contributed by atoms with E-state index in [1.807, 2.05) is 32.1 Å². The number of aliphatic imine (C=N–C) groups is 2. The second kappa shape index (κ2) is 16.9. The molecule has 3 rings (SSSR count). The first-order chi connectivity index (χ1) is 21.9. The highest BCUT2D eigenvalue weighted by atomic mass is 35.5. The molecule has 0 aliphatic heterocycles. The molecule has 5 atom stereocenters. The van der Waals surface area contributed by atoms with Crippen molar-refractivity contribution in [2.75, 3.05) is 6.61 Å². The van der Waals surface area contributed by atoms with Crippen LogP contribution in [0.1, 0.15) is 57.2 Å². The predicted molar refractivity (Wildman–Crippen MR) is 189 cm³/mol. The van der Waals surface area contributed by atoms with Crippen molar-refractivity contribution in [1.29, 1.82) is 5.41 Å². The molecule has 0 amide bonds. The Morgan fingerprint density at radius 2 is 1.77 bits per heavy atom. The number of hydrogen-bond donors (Lipinski definition) is 3.